The number of rotatable bonds is 2. The third kappa shape index (κ3) is 1.70. The summed E-state index contributed by atoms with van der Waals surface area (Å²) >= 11 is 0. The monoisotopic (exact) mass is 219 g/mol. The maximum absolute atomic E-state index is 11.9. The van der Waals surface area contributed by atoms with Crippen LogP contribution < -0.4 is 10.6 Å². The van der Waals surface area contributed by atoms with E-state index in [4.69, 9.17) is 5.73 Å². The van der Waals surface area contributed by atoms with Crippen molar-refractivity contribution < 1.29 is 9.42 Å². The molecule has 7 nitrogen and oxygen atoms in total. The van der Waals surface area contributed by atoms with Crippen molar-refractivity contribution >= 4 is 17.4 Å². The summed E-state index contributed by atoms with van der Waals surface area (Å²) in [6.45, 7) is 0. The Kier molecular flexibility index (Phi) is 2.50. The highest BCUT2D eigenvalue weighted by molar-refractivity contribution is 6.06. The highest BCUT2D eigenvalue weighted by Gasteiger charge is 2.21. The van der Waals surface area contributed by atoms with Crippen molar-refractivity contribution in [1.29, 1.82) is 0 Å². The van der Waals surface area contributed by atoms with Crippen LogP contribution in [0.15, 0.2) is 29.2 Å². The average molecular weight is 219 g/mol. The first-order valence-electron chi connectivity index (χ1n) is 4.46. The molecule has 0 atom stereocenters. The fourth-order valence-electron chi connectivity index (χ4n) is 1.17. The molecule has 2 N–H and O–H groups in total. The Bertz CT molecular complexity index is 496. The molecule has 7 heteroatoms. The van der Waals surface area contributed by atoms with Gasteiger partial charge in [-0.15, -0.1) is 0 Å². The molecule has 0 fully saturated rings. The minimum atomic E-state index is -0.397. The number of anilines is 2. The van der Waals surface area contributed by atoms with Gasteiger partial charge in [0.25, 0.3) is 5.91 Å². The number of nitrogens with zero attached hydrogens (tertiary/aromatic N) is 4. The quantitative estimate of drug-likeness (QED) is 0.781. The summed E-state index contributed by atoms with van der Waals surface area (Å²) in [6, 6.07) is 3.47. The number of hydrogen-bond donors (Lipinski definition) is 1. The molecule has 0 radical (unpaired) electrons. The summed E-state index contributed by atoms with van der Waals surface area (Å²) in [4.78, 5) is 17.2. The lowest BCUT2D eigenvalue weighted by Gasteiger charge is -2.14. The van der Waals surface area contributed by atoms with Crippen LogP contribution in [0.2, 0.25) is 0 Å². The lowest BCUT2D eigenvalue weighted by Crippen LogP contribution is -2.27. The van der Waals surface area contributed by atoms with Crippen molar-refractivity contribution in [1.82, 2.24) is 15.3 Å². The van der Waals surface area contributed by atoms with Gasteiger partial charge in [0.1, 0.15) is 0 Å². The molecule has 0 aliphatic rings. The molecule has 0 aliphatic heterocycles. The van der Waals surface area contributed by atoms with Gasteiger partial charge in [-0.2, -0.15) is 0 Å². The first-order valence-corrected chi connectivity index (χ1v) is 4.46. The zero-order valence-electron chi connectivity index (χ0n) is 8.49. The van der Waals surface area contributed by atoms with Crippen molar-refractivity contribution in [2.24, 2.45) is 0 Å². The van der Waals surface area contributed by atoms with Gasteiger partial charge in [0.05, 0.1) is 11.9 Å². The Morgan fingerprint density at radius 2 is 2.31 bits per heavy atom. The molecule has 2 aromatic heterocycles. The fourth-order valence-corrected chi connectivity index (χ4v) is 1.17. The van der Waals surface area contributed by atoms with Crippen LogP contribution in [-0.2, 0) is 0 Å². The largest absolute Gasteiger partial charge is 0.379 e. The number of amides is 1. The molecule has 0 spiro atoms. The molecule has 0 bridgehead atoms. The highest BCUT2D eigenvalue weighted by Crippen LogP contribution is 2.14. The second kappa shape index (κ2) is 3.97. The summed E-state index contributed by atoms with van der Waals surface area (Å²) in [5.41, 5.74) is 6.05. The van der Waals surface area contributed by atoms with Crippen LogP contribution in [-0.4, -0.2) is 28.3 Å². The predicted molar refractivity (Wildman–Crippen MR) is 55.7 cm³/mol. The molecule has 2 rings (SSSR count). The third-order valence-corrected chi connectivity index (χ3v) is 2.05. The summed E-state index contributed by atoms with van der Waals surface area (Å²) < 4.78 is 4.36. The zero-order valence-corrected chi connectivity index (χ0v) is 8.49. The Balaban J connectivity index is 2.27. The third-order valence-electron chi connectivity index (χ3n) is 2.05. The van der Waals surface area contributed by atoms with E-state index in [1.165, 1.54) is 4.90 Å². The lowest BCUT2D eigenvalue weighted by atomic mass is 10.3. The number of hydrogen-bond acceptors (Lipinski definition) is 6. The van der Waals surface area contributed by atoms with Gasteiger partial charge in [0.15, 0.2) is 0 Å². The van der Waals surface area contributed by atoms with E-state index in [9.17, 15) is 4.79 Å². The zero-order chi connectivity index (χ0) is 11.5. The average Bonchev–Trinajstić information content (AvgIpc) is 2.75. The lowest BCUT2D eigenvalue weighted by molar-refractivity contribution is 0.0984. The Morgan fingerprint density at radius 3 is 2.88 bits per heavy atom. The molecule has 0 aromatic carbocycles. The molecular formula is C9H9N5O2. The van der Waals surface area contributed by atoms with E-state index < -0.39 is 5.91 Å². The van der Waals surface area contributed by atoms with Gasteiger partial charge < -0.3 is 10.6 Å². The van der Waals surface area contributed by atoms with E-state index in [1.807, 2.05) is 0 Å². The Hall–Kier alpha value is -2.44. The highest BCUT2D eigenvalue weighted by atomic mass is 16.6. The van der Waals surface area contributed by atoms with Gasteiger partial charge in [-0.25, -0.2) is 4.63 Å². The topological polar surface area (TPSA) is 98.1 Å². The number of aromatic nitrogens is 3. The van der Waals surface area contributed by atoms with Crippen molar-refractivity contribution in [2.45, 2.75) is 0 Å². The SMILES string of the molecule is CN(C(=O)c1nonc1N)c1cccnc1. The van der Waals surface area contributed by atoms with E-state index in [1.54, 1.807) is 31.6 Å². The van der Waals surface area contributed by atoms with Crippen LogP contribution in [0.1, 0.15) is 10.5 Å². The second-order valence-corrected chi connectivity index (χ2v) is 3.07. The molecule has 1 amide bonds. The van der Waals surface area contributed by atoms with Gasteiger partial charge in [-0.1, -0.05) is 0 Å². The molecule has 0 unspecified atom stereocenters. The number of nitrogens with two attached hydrogens (primary N) is 1. The number of carbonyl (C=O) groups is 1. The van der Waals surface area contributed by atoms with Crippen LogP contribution in [0.4, 0.5) is 11.5 Å². The first-order chi connectivity index (χ1) is 7.70. The number of pyridine rings is 1. The van der Waals surface area contributed by atoms with Crippen LogP contribution in [0.25, 0.3) is 0 Å². The van der Waals surface area contributed by atoms with Crippen LogP contribution in [0.5, 0.6) is 0 Å². The van der Waals surface area contributed by atoms with Gasteiger partial charge in [-0.3, -0.25) is 9.78 Å². The standard InChI is InChI=1S/C9H9N5O2/c1-14(6-3-2-4-11-5-6)9(15)7-8(10)13-16-12-7/h2-5H,1H3,(H2,10,13). The van der Waals surface area contributed by atoms with E-state index in [0.717, 1.165) is 0 Å². The normalized spacial score (nSPS) is 10.1. The molecule has 2 heterocycles. The van der Waals surface area contributed by atoms with E-state index in [2.05, 4.69) is 19.9 Å². The maximum Gasteiger partial charge on any atom is 0.284 e. The van der Waals surface area contributed by atoms with Gasteiger partial charge in [0.2, 0.25) is 11.5 Å². The molecule has 0 aliphatic carbocycles. The van der Waals surface area contributed by atoms with Crippen molar-refractivity contribution in [3.63, 3.8) is 0 Å². The van der Waals surface area contributed by atoms with Crippen molar-refractivity contribution in [2.75, 3.05) is 17.7 Å². The minimum Gasteiger partial charge on any atom is -0.379 e. The van der Waals surface area contributed by atoms with Crippen molar-refractivity contribution in [3.8, 4) is 0 Å². The summed E-state index contributed by atoms with van der Waals surface area (Å²) in [7, 11) is 1.59. The molecule has 0 saturated carbocycles. The first kappa shape index (κ1) is 10.1. The van der Waals surface area contributed by atoms with Gasteiger partial charge in [-0.05, 0) is 22.4 Å². The van der Waals surface area contributed by atoms with E-state index >= 15 is 0 Å². The molecule has 2 aromatic rings. The van der Waals surface area contributed by atoms with Gasteiger partial charge >= 0.3 is 0 Å². The fraction of sp³-hybridized carbons (Fsp3) is 0.111. The Labute approximate surface area is 90.8 Å². The van der Waals surface area contributed by atoms with E-state index in [-0.39, 0.29) is 11.5 Å². The van der Waals surface area contributed by atoms with Crippen molar-refractivity contribution in [3.05, 3.63) is 30.2 Å². The summed E-state index contributed by atoms with van der Waals surface area (Å²) in [5.74, 6) is -0.424. The summed E-state index contributed by atoms with van der Waals surface area (Å²) in [5, 5.41) is 6.78. The van der Waals surface area contributed by atoms with Crippen LogP contribution in [0, 0.1) is 0 Å². The van der Waals surface area contributed by atoms with Crippen LogP contribution >= 0.6 is 0 Å². The number of carbonyl (C=O) groups excluding carboxylic acids is 1. The minimum absolute atomic E-state index is 0.00801. The maximum atomic E-state index is 11.9. The second-order valence-electron chi connectivity index (χ2n) is 3.07. The van der Waals surface area contributed by atoms with Gasteiger partial charge in [0, 0.05) is 13.2 Å². The molecule has 0 saturated heterocycles. The molecule has 82 valence electrons. The smallest absolute Gasteiger partial charge is 0.284 e. The van der Waals surface area contributed by atoms with E-state index in [0.29, 0.717) is 5.69 Å². The number of nitrogen functional groups attached to an aromatic ring is 1. The van der Waals surface area contributed by atoms with Crippen LogP contribution in [0.3, 0.4) is 0 Å². The summed E-state index contributed by atoms with van der Waals surface area (Å²) in [6.07, 6.45) is 3.18. The molecular weight excluding hydrogens is 210 g/mol. The molecule has 16 heavy (non-hydrogen) atoms. The predicted octanol–water partition coefficient (Wildman–Crippen LogP) is 0.323. The Morgan fingerprint density at radius 1 is 1.50 bits per heavy atom.